The van der Waals surface area contributed by atoms with Crippen LogP contribution >= 0.6 is 0 Å². The molecule has 5 rings (SSSR count). The highest BCUT2D eigenvalue weighted by molar-refractivity contribution is 5.97. The van der Waals surface area contributed by atoms with Crippen LogP contribution in [0.3, 0.4) is 0 Å². The molecule has 0 bridgehead atoms. The van der Waals surface area contributed by atoms with E-state index in [0.717, 1.165) is 25.7 Å². The van der Waals surface area contributed by atoms with E-state index in [9.17, 15) is 18.8 Å². The predicted molar refractivity (Wildman–Crippen MR) is 157 cm³/mol. The number of methoxy groups -OCH3 is 1. The van der Waals surface area contributed by atoms with E-state index < -0.39 is 41.4 Å². The van der Waals surface area contributed by atoms with Gasteiger partial charge in [0.05, 0.1) is 25.8 Å². The number of aromatic nitrogens is 1. The maximum absolute atomic E-state index is 14.6. The summed E-state index contributed by atoms with van der Waals surface area (Å²) in [6.45, 7) is 3.76. The third-order valence-corrected chi connectivity index (χ3v) is 8.40. The zero-order valence-electron chi connectivity index (χ0n) is 24.8. The van der Waals surface area contributed by atoms with Crippen LogP contribution in [0.4, 0.5) is 4.39 Å². The molecule has 0 radical (unpaired) electrons. The summed E-state index contributed by atoms with van der Waals surface area (Å²) in [7, 11) is 1.35. The number of ether oxygens (including phenoxy) is 3. The number of amides is 3. The summed E-state index contributed by atoms with van der Waals surface area (Å²) < 4.78 is 32.1. The Morgan fingerprint density at radius 1 is 1.23 bits per heavy atom. The van der Waals surface area contributed by atoms with Gasteiger partial charge in [0.2, 0.25) is 23.6 Å². The molecule has 1 aliphatic carbocycles. The maximum atomic E-state index is 14.6. The monoisotopic (exact) mass is 597 g/mol. The number of nitrogens with two attached hydrogens (primary N) is 2. The second kappa shape index (κ2) is 12.4. The number of hydrogen-bond acceptors (Lipinski definition) is 8. The second-order valence-electron chi connectivity index (χ2n) is 11.9. The van der Waals surface area contributed by atoms with Crippen molar-refractivity contribution in [1.29, 1.82) is 0 Å². The Balaban J connectivity index is 1.47. The van der Waals surface area contributed by atoms with E-state index in [0.29, 0.717) is 24.0 Å². The fourth-order valence-corrected chi connectivity index (χ4v) is 6.05. The number of primary amides is 1. The van der Waals surface area contributed by atoms with Crippen molar-refractivity contribution in [3.05, 3.63) is 36.2 Å². The summed E-state index contributed by atoms with van der Waals surface area (Å²) in [6, 6.07) is 2.69. The molecule has 1 aromatic heterocycles. The van der Waals surface area contributed by atoms with Crippen LogP contribution < -0.4 is 31.0 Å². The SMILES string of the molecule is COc1c(F)ccc2c(O[C@@H]3C[C@H]4C(=O)N[C@]5(C(N)=O)C[C@H]5/C=C\CCCCC[C@H](N)C(=O)N4C3)cc(OC(C)C)nc12. The van der Waals surface area contributed by atoms with Gasteiger partial charge in [0.25, 0.3) is 0 Å². The van der Waals surface area contributed by atoms with Gasteiger partial charge in [-0.05, 0) is 51.7 Å². The summed E-state index contributed by atoms with van der Waals surface area (Å²) >= 11 is 0. The third-order valence-electron chi connectivity index (χ3n) is 8.40. The van der Waals surface area contributed by atoms with E-state index in [4.69, 9.17) is 25.7 Å². The van der Waals surface area contributed by atoms with Crippen molar-refractivity contribution in [3.63, 3.8) is 0 Å². The van der Waals surface area contributed by atoms with Crippen molar-refractivity contribution in [3.8, 4) is 17.4 Å². The lowest BCUT2D eigenvalue weighted by Gasteiger charge is -2.28. The average Bonchev–Trinajstić information content (AvgIpc) is 3.49. The summed E-state index contributed by atoms with van der Waals surface area (Å²) in [5.74, 6) is -1.74. The van der Waals surface area contributed by atoms with Crippen LogP contribution in [0.15, 0.2) is 30.4 Å². The Morgan fingerprint density at radius 2 is 2.02 bits per heavy atom. The summed E-state index contributed by atoms with van der Waals surface area (Å²) in [5, 5.41) is 3.34. The first kappa shape index (κ1) is 30.5. The Morgan fingerprint density at radius 3 is 2.74 bits per heavy atom. The van der Waals surface area contributed by atoms with Crippen LogP contribution in [-0.4, -0.2) is 71.1 Å². The minimum atomic E-state index is -1.19. The molecule has 2 aromatic rings. The highest BCUT2D eigenvalue weighted by Gasteiger charge is 2.60. The Kier molecular flexibility index (Phi) is 8.77. The van der Waals surface area contributed by atoms with E-state index >= 15 is 0 Å². The number of hydrogen-bond donors (Lipinski definition) is 3. The Labute approximate surface area is 250 Å². The standard InChI is InChI=1S/C31H40FN5O6/c1-17(2)42-25-14-24(20-11-12-21(32)27(41-3)26(20)35-25)43-19-13-23-28(38)36-31(30(34)40)15-18(31)9-7-5-4-6-8-10-22(33)29(39)37(23)16-19/h7,9,11-12,14,17-19,22-23H,4-6,8,10,13,15-16,33H2,1-3H3,(H2,34,40)(H,36,38)/b9-7-/t18-,19-,22+,23+,31-/m1/s1. The van der Waals surface area contributed by atoms with Gasteiger partial charge in [-0.15, -0.1) is 0 Å². The van der Waals surface area contributed by atoms with Crippen LogP contribution in [0.1, 0.15) is 58.8 Å². The zero-order valence-corrected chi connectivity index (χ0v) is 24.8. The molecule has 11 nitrogen and oxygen atoms in total. The van der Waals surface area contributed by atoms with Crippen molar-refractivity contribution in [2.24, 2.45) is 17.4 Å². The van der Waals surface area contributed by atoms with Gasteiger partial charge in [-0.1, -0.05) is 25.0 Å². The average molecular weight is 598 g/mol. The molecule has 2 fully saturated rings. The normalized spacial score (nSPS) is 28.7. The number of halogens is 1. The van der Waals surface area contributed by atoms with Gasteiger partial charge in [-0.25, -0.2) is 9.37 Å². The van der Waals surface area contributed by atoms with Gasteiger partial charge >= 0.3 is 0 Å². The molecule has 3 heterocycles. The van der Waals surface area contributed by atoms with Crippen molar-refractivity contribution in [1.82, 2.24) is 15.2 Å². The highest BCUT2D eigenvalue weighted by Crippen LogP contribution is 2.45. The molecule has 43 heavy (non-hydrogen) atoms. The van der Waals surface area contributed by atoms with Crippen LogP contribution in [0.25, 0.3) is 10.9 Å². The van der Waals surface area contributed by atoms with E-state index in [1.165, 1.54) is 24.1 Å². The number of nitrogens with zero attached hydrogens (tertiary/aromatic N) is 2. The topological polar surface area (TPSA) is 159 Å². The molecule has 5 N–H and O–H groups in total. The number of nitrogens with one attached hydrogen (secondary N) is 1. The molecule has 232 valence electrons. The van der Waals surface area contributed by atoms with Crippen molar-refractivity contribution in [2.45, 2.75) is 88.6 Å². The lowest BCUT2D eigenvalue weighted by Crippen LogP contribution is -2.56. The fraction of sp³-hybridized carbons (Fsp3) is 0.548. The molecule has 1 saturated heterocycles. The molecule has 12 heteroatoms. The van der Waals surface area contributed by atoms with Crippen LogP contribution in [0, 0.1) is 11.7 Å². The number of carbonyl (C=O) groups is 3. The number of rotatable bonds is 6. The molecular formula is C31H40FN5O6. The van der Waals surface area contributed by atoms with E-state index in [2.05, 4.69) is 10.3 Å². The van der Waals surface area contributed by atoms with Crippen LogP contribution in [0.5, 0.6) is 17.4 Å². The Bertz CT molecular complexity index is 1430. The maximum Gasteiger partial charge on any atom is 0.243 e. The summed E-state index contributed by atoms with van der Waals surface area (Å²) in [4.78, 5) is 45.7. The first-order valence-corrected chi connectivity index (χ1v) is 14.9. The number of benzene rings is 1. The first-order valence-electron chi connectivity index (χ1n) is 14.9. The molecule has 3 aliphatic rings. The molecule has 0 spiro atoms. The highest BCUT2D eigenvalue weighted by atomic mass is 19.1. The molecule has 1 saturated carbocycles. The van der Waals surface area contributed by atoms with Gasteiger partial charge in [0.1, 0.15) is 29.0 Å². The van der Waals surface area contributed by atoms with E-state index in [1.54, 1.807) is 6.07 Å². The van der Waals surface area contributed by atoms with Crippen LogP contribution in [0.2, 0.25) is 0 Å². The minimum Gasteiger partial charge on any atom is -0.491 e. The second-order valence-corrected chi connectivity index (χ2v) is 11.9. The Hall–Kier alpha value is -3.93. The van der Waals surface area contributed by atoms with Gasteiger partial charge in [-0.3, -0.25) is 14.4 Å². The van der Waals surface area contributed by atoms with Gasteiger partial charge in [0.15, 0.2) is 11.6 Å². The molecule has 5 atom stereocenters. The van der Waals surface area contributed by atoms with E-state index in [1.807, 2.05) is 26.0 Å². The number of carbonyl (C=O) groups excluding carboxylic acids is 3. The van der Waals surface area contributed by atoms with Gasteiger partial charge in [-0.2, -0.15) is 0 Å². The number of pyridine rings is 1. The quantitative estimate of drug-likeness (QED) is 0.429. The largest absolute Gasteiger partial charge is 0.491 e. The van der Waals surface area contributed by atoms with E-state index in [-0.39, 0.29) is 48.0 Å². The van der Waals surface area contributed by atoms with Crippen molar-refractivity contribution in [2.75, 3.05) is 13.7 Å². The minimum absolute atomic E-state index is 0.0547. The molecule has 3 amide bonds. The smallest absolute Gasteiger partial charge is 0.243 e. The molecular weight excluding hydrogens is 557 g/mol. The lowest BCUT2D eigenvalue weighted by molar-refractivity contribution is -0.140. The van der Waals surface area contributed by atoms with Gasteiger partial charge < -0.3 is 35.9 Å². The summed E-state index contributed by atoms with van der Waals surface area (Å²) in [5.41, 5.74) is 11.1. The molecule has 1 aromatic carbocycles. The summed E-state index contributed by atoms with van der Waals surface area (Å²) in [6.07, 6.45) is 7.61. The first-order chi connectivity index (χ1) is 20.5. The molecule has 2 aliphatic heterocycles. The molecule has 0 unspecified atom stereocenters. The number of allylic oxidation sites excluding steroid dienone is 1. The van der Waals surface area contributed by atoms with Gasteiger partial charge in [0, 0.05) is 23.8 Å². The number of fused-ring (bicyclic) bond motifs is 3. The third kappa shape index (κ3) is 6.24. The lowest BCUT2D eigenvalue weighted by atomic mass is 10.1. The predicted octanol–water partition coefficient (Wildman–Crippen LogP) is 2.73. The van der Waals surface area contributed by atoms with Crippen molar-refractivity contribution >= 4 is 28.6 Å². The fourth-order valence-electron chi connectivity index (χ4n) is 6.05. The van der Waals surface area contributed by atoms with Crippen molar-refractivity contribution < 1.29 is 33.0 Å². The zero-order chi connectivity index (χ0) is 30.9. The van der Waals surface area contributed by atoms with Crippen LogP contribution in [-0.2, 0) is 14.4 Å².